The molecule has 0 bridgehead atoms. The summed E-state index contributed by atoms with van der Waals surface area (Å²) in [5.41, 5.74) is 0. The van der Waals surface area contributed by atoms with Gasteiger partial charge in [-0.1, -0.05) is 149 Å². The Hall–Kier alpha value is -0.570. The van der Waals surface area contributed by atoms with Crippen LogP contribution in [0.4, 0.5) is 0 Å². The van der Waals surface area contributed by atoms with E-state index in [9.17, 15) is 4.79 Å². The van der Waals surface area contributed by atoms with E-state index in [0.29, 0.717) is 13.0 Å². The third kappa shape index (κ3) is 37.1. The lowest BCUT2D eigenvalue weighted by Gasteiger charge is -2.03. The number of rotatable bonds is 24. The maximum atomic E-state index is 10.3. The van der Waals surface area contributed by atoms with Crippen LogP contribution in [0.3, 0.4) is 0 Å². The van der Waals surface area contributed by atoms with E-state index in [1.165, 1.54) is 128 Å². The van der Waals surface area contributed by atoms with Crippen LogP contribution in [0, 0.1) is 0 Å². The Morgan fingerprint density at radius 2 is 0.710 bits per heavy atom. The largest absolute Gasteiger partial charge is 0.481 e. The van der Waals surface area contributed by atoms with E-state index in [-0.39, 0.29) is 0 Å². The van der Waals surface area contributed by atoms with Crippen molar-refractivity contribution in [3.63, 3.8) is 0 Å². The van der Waals surface area contributed by atoms with Gasteiger partial charge in [-0.2, -0.15) is 0 Å². The highest BCUT2D eigenvalue weighted by Gasteiger charge is 1.97. The number of aliphatic carboxylic acids is 1. The first-order valence-corrected chi connectivity index (χ1v) is 14.0. The first-order chi connectivity index (χ1) is 15.2. The molecule has 188 valence electrons. The smallest absolute Gasteiger partial charge is 0.303 e. The Labute approximate surface area is 195 Å². The fourth-order valence-electron chi connectivity index (χ4n) is 3.89. The van der Waals surface area contributed by atoms with Crippen LogP contribution in [0.15, 0.2) is 0 Å². The van der Waals surface area contributed by atoms with Crippen molar-refractivity contribution in [2.45, 2.75) is 168 Å². The summed E-state index contributed by atoms with van der Waals surface area (Å²) in [4.78, 5) is 10.3. The van der Waals surface area contributed by atoms with Gasteiger partial charge in [0.05, 0.1) is 0 Å². The molecule has 0 fully saturated rings. The predicted octanol–water partition coefficient (Wildman–Crippen LogP) is 9.45. The summed E-state index contributed by atoms with van der Waals surface area (Å²) in [7, 11) is 0. The third-order valence-electron chi connectivity index (χ3n) is 6.01. The molecular weight excluding hydrogens is 384 g/mol. The van der Waals surface area contributed by atoms with E-state index in [4.69, 9.17) is 10.2 Å². The first kappa shape index (κ1) is 32.6. The molecule has 0 spiro atoms. The van der Waals surface area contributed by atoms with Gasteiger partial charge in [0.2, 0.25) is 0 Å². The van der Waals surface area contributed by atoms with Gasteiger partial charge in [0.15, 0.2) is 0 Å². The Bertz CT molecular complexity index is 309. The zero-order valence-corrected chi connectivity index (χ0v) is 21.5. The van der Waals surface area contributed by atoms with Gasteiger partial charge >= 0.3 is 5.97 Å². The highest BCUT2D eigenvalue weighted by atomic mass is 16.4. The first-order valence-electron chi connectivity index (χ1n) is 14.0. The molecule has 0 aliphatic carbocycles. The summed E-state index contributed by atoms with van der Waals surface area (Å²) >= 11 is 0. The number of unbranched alkanes of at least 4 members (excludes halogenated alkanes) is 21. The predicted molar refractivity (Wildman–Crippen MR) is 137 cm³/mol. The Balaban J connectivity index is 0. The second-order valence-electron chi connectivity index (χ2n) is 9.29. The Kier molecular flexibility index (Phi) is 33.3. The summed E-state index contributed by atoms with van der Waals surface area (Å²) in [6.07, 6.45) is 30.6. The fraction of sp³-hybridized carbons (Fsp3) is 0.964. The molecular formula is C28H58O3. The summed E-state index contributed by atoms with van der Waals surface area (Å²) in [5, 5.41) is 17.0. The number of hydrogen-bond acceptors (Lipinski definition) is 2. The summed E-state index contributed by atoms with van der Waals surface area (Å²) in [6.45, 7) is 4.88. The minimum atomic E-state index is -0.653. The number of aliphatic hydroxyl groups is 1. The molecule has 0 aromatic carbocycles. The topological polar surface area (TPSA) is 57.5 Å². The van der Waals surface area contributed by atoms with E-state index in [1.54, 1.807) is 0 Å². The maximum absolute atomic E-state index is 10.3. The van der Waals surface area contributed by atoms with Crippen molar-refractivity contribution in [2.75, 3.05) is 6.61 Å². The van der Waals surface area contributed by atoms with Crippen LogP contribution >= 0.6 is 0 Å². The molecule has 0 aliphatic heterocycles. The van der Waals surface area contributed by atoms with Gasteiger partial charge in [0, 0.05) is 13.0 Å². The number of carboxylic acids is 1. The molecule has 0 atom stereocenters. The van der Waals surface area contributed by atoms with Crippen LogP contribution in [-0.4, -0.2) is 22.8 Å². The molecule has 2 N–H and O–H groups in total. The summed E-state index contributed by atoms with van der Waals surface area (Å²) in [6, 6.07) is 0. The van der Waals surface area contributed by atoms with Crippen molar-refractivity contribution >= 4 is 5.97 Å². The second kappa shape index (κ2) is 31.6. The second-order valence-corrected chi connectivity index (χ2v) is 9.29. The minimum Gasteiger partial charge on any atom is -0.481 e. The van der Waals surface area contributed by atoms with E-state index in [2.05, 4.69) is 13.8 Å². The molecule has 0 radical (unpaired) electrons. The van der Waals surface area contributed by atoms with Crippen LogP contribution in [0.25, 0.3) is 0 Å². The van der Waals surface area contributed by atoms with E-state index < -0.39 is 5.97 Å². The average Bonchev–Trinajstić information content (AvgIpc) is 2.76. The van der Waals surface area contributed by atoms with E-state index in [1.807, 2.05) is 0 Å². The van der Waals surface area contributed by atoms with Crippen molar-refractivity contribution in [2.24, 2.45) is 0 Å². The van der Waals surface area contributed by atoms with Crippen LogP contribution in [0.5, 0.6) is 0 Å². The van der Waals surface area contributed by atoms with E-state index >= 15 is 0 Å². The molecule has 0 aromatic heterocycles. The number of carbonyl (C=O) groups is 1. The minimum absolute atomic E-state index is 0.345. The van der Waals surface area contributed by atoms with Crippen molar-refractivity contribution < 1.29 is 15.0 Å². The molecule has 0 aliphatic rings. The zero-order chi connectivity index (χ0) is 23.3. The molecule has 3 nitrogen and oxygen atoms in total. The normalized spacial score (nSPS) is 10.7. The van der Waals surface area contributed by atoms with Crippen molar-refractivity contribution in [3.8, 4) is 0 Å². The van der Waals surface area contributed by atoms with E-state index in [0.717, 1.165) is 19.3 Å². The van der Waals surface area contributed by atoms with Crippen molar-refractivity contribution in [1.82, 2.24) is 0 Å². The molecule has 0 unspecified atom stereocenters. The highest BCUT2D eigenvalue weighted by molar-refractivity contribution is 5.66. The van der Waals surface area contributed by atoms with Crippen LogP contribution in [-0.2, 0) is 4.79 Å². The molecule has 3 heteroatoms. The molecule has 0 saturated carbocycles. The van der Waals surface area contributed by atoms with Crippen LogP contribution < -0.4 is 0 Å². The Morgan fingerprint density at radius 1 is 0.452 bits per heavy atom. The zero-order valence-electron chi connectivity index (χ0n) is 21.5. The Morgan fingerprint density at radius 3 is 0.968 bits per heavy atom. The number of carboxylic acid groups (broad SMARTS) is 1. The van der Waals surface area contributed by atoms with Crippen molar-refractivity contribution in [3.05, 3.63) is 0 Å². The maximum Gasteiger partial charge on any atom is 0.303 e. The number of hydrogen-bond donors (Lipinski definition) is 2. The van der Waals surface area contributed by atoms with Gasteiger partial charge < -0.3 is 10.2 Å². The molecule has 0 saturated heterocycles. The average molecular weight is 443 g/mol. The molecule has 31 heavy (non-hydrogen) atoms. The molecule has 0 rings (SSSR count). The third-order valence-corrected chi connectivity index (χ3v) is 6.01. The van der Waals surface area contributed by atoms with Gasteiger partial charge in [-0.3, -0.25) is 4.79 Å². The van der Waals surface area contributed by atoms with Crippen LogP contribution in [0.2, 0.25) is 0 Å². The van der Waals surface area contributed by atoms with Gasteiger partial charge in [0.1, 0.15) is 0 Å². The SMILES string of the molecule is CCCCCCCCCCCCCCCCCC(=O)O.CCCCCCCCCCO. The summed E-state index contributed by atoms with van der Waals surface area (Å²) in [5.74, 6) is -0.653. The fourth-order valence-corrected chi connectivity index (χ4v) is 3.89. The summed E-state index contributed by atoms with van der Waals surface area (Å²) < 4.78 is 0. The van der Waals surface area contributed by atoms with Gasteiger partial charge in [-0.25, -0.2) is 0 Å². The quantitative estimate of drug-likeness (QED) is 0.146. The monoisotopic (exact) mass is 442 g/mol. The number of aliphatic hydroxyl groups excluding tert-OH is 1. The van der Waals surface area contributed by atoms with Gasteiger partial charge in [0.25, 0.3) is 0 Å². The van der Waals surface area contributed by atoms with Gasteiger partial charge in [-0.15, -0.1) is 0 Å². The highest BCUT2D eigenvalue weighted by Crippen LogP contribution is 2.13. The van der Waals surface area contributed by atoms with Crippen molar-refractivity contribution in [1.29, 1.82) is 0 Å². The lowest BCUT2D eigenvalue weighted by atomic mass is 10.0. The lowest BCUT2D eigenvalue weighted by Crippen LogP contribution is -1.93. The molecule has 0 heterocycles. The van der Waals surface area contributed by atoms with Crippen LogP contribution in [0.1, 0.15) is 168 Å². The standard InChI is InChI=1S/C18H36O2.C10H22O/c1-2-3-4-5-6-7-8-9-10-11-12-13-14-15-16-17-18(19)20;1-2-3-4-5-6-7-8-9-10-11/h2-17H2,1H3,(H,19,20);11H,2-10H2,1H3. The lowest BCUT2D eigenvalue weighted by molar-refractivity contribution is -0.137. The van der Waals surface area contributed by atoms with Gasteiger partial charge in [-0.05, 0) is 12.8 Å². The molecule has 0 amide bonds. The molecule has 0 aromatic rings.